The number of hydrogen-bond acceptors (Lipinski definition) is 12. The Balaban J connectivity index is 2.01. The number of aliphatic hydroxyl groups is 1. The third-order valence-corrected chi connectivity index (χ3v) is 7.86. The van der Waals surface area contributed by atoms with Crippen LogP contribution in [0.15, 0.2) is 12.1 Å². The van der Waals surface area contributed by atoms with Crippen molar-refractivity contribution in [1.82, 2.24) is 4.90 Å². The lowest BCUT2D eigenvalue weighted by Gasteiger charge is -2.55. The molecule has 4 rings (SSSR count). The molecule has 0 spiro atoms. The number of carbonyl (C=O) groups excluding carboxylic acids is 6. The van der Waals surface area contributed by atoms with E-state index in [0.717, 1.165) is 7.11 Å². The summed E-state index contributed by atoms with van der Waals surface area (Å²) in [5.74, 6) is -13.1. The summed E-state index contributed by atoms with van der Waals surface area (Å²) in [5, 5.41) is 22.4. The monoisotopic (exact) mass is 531 g/mol. The third-order valence-electron chi connectivity index (χ3n) is 7.86. The smallest absolute Gasteiger partial charge is 0.507 e. The molecule has 0 aromatic heterocycles. The highest BCUT2D eigenvalue weighted by atomic mass is 16.7. The summed E-state index contributed by atoms with van der Waals surface area (Å²) in [6.07, 6.45) is -2.88. The van der Waals surface area contributed by atoms with Crippen LogP contribution in [0.3, 0.4) is 0 Å². The fraction of sp³-hybridized carbons (Fsp3) is 0.520. The van der Waals surface area contributed by atoms with Crippen molar-refractivity contribution in [2.45, 2.75) is 24.2 Å². The van der Waals surface area contributed by atoms with Crippen molar-refractivity contribution in [3.8, 4) is 5.75 Å². The largest absolute Gasteiger partial charge is 0.508 e. The minimum atomic E-state index is -3.08. The van der Waals surface area contributed by atoms with Gasteiger partial charge in [-0.15, -0.1) is 0 Å². The number of likely N-dealkylation sites (N-methyl/N-ethyl adjacent to an activating group) is 1. The molecule has 1 amide bonds. The number of carbonyl (C=O) groups is 6. The van der Waals surface area contributed by atoms with Crippen molar-refractivity contribution in [1.29, 1.82) is 0 Å². The van der Waals surface area contributed by atoms with Gasteiger partial charge < -0.3 is 30.3 Å². The van der Waals surface area contributed by atoms with Gasteiger partial charge >= 0.3 is 6.16 Å². The van der Waals surface area contributed by atoms with E-state index in [1.54, 1.807) is 25.1 Å². The SMILES string of the molecule is COC(=O)O[C@@H]1[C@H]2[C@H](N(C)C)C(=O)C(C(N)=O)C(=O)[C@@]2(O)C(=O)C2C(=O)c3c(O)ccc(N(C)C)c3C[C@H]21. The quantitative estimate of drug-likeness (QED) is 0.307. The van der Waals surface area contributed by atoms with Gasteiger partial charge in [-0.05, 0) is 38.2 Å². The zero-order chi connectivity index (χ0) is 28.4. The Morgan fingerprint density at radius 2 is 1.71 bits per heavy atom. The first-order valence-electron chi connectivity index (χ1n) is 11.8. The summed E-state index contributed by atoms with van der Waals surface area (Å²) in [5.41, 5.74) is 2.99. The van der Waals surface area contributed by atoms with Gasteiger partial charge in [0.15, 0.2) is 34.7 Å². The van der Waals surface area contributed by atoms with E-state index in [1.165, 1.54) is 25.1 Å². The van der Waals surface area contributed by atoms with E-state index in [1.807, 2.05) is 0 Å². The van der Waals surface area contributed by atoms with Crippen molar-refractivity contribution in [3.63, 3.8) is 0 Å². The number of anilines is 1. The molecule has 2 saturated carbocycles. The van der Waals surface area contributed by atoms with Gasteiger partial charge in [-0.25, -0.2) is 4.79 Å². The summed E-state index contributed by atoms with van der Waals surface area (Å²) >= 11 is 0. The van der Waals surface area contributed by atoms with Crippen LogP contribution in [0.5, 0.6) is 5.75 Å². The number of phenolic OH excluding ortho intramolecular Hbond substituents is 1. The summed E-state index contributed by atoms with van der Waals surface area (Å²) < 4.78 is 10.2. The van der Waals surface area contributed by atoms with Crippen LogP contribution in [0, 0.1) is 23.7 Å². The first-order chi connectivity index (χ1) is 17.7. The third kappa shape index (κ3) is 3.60. The molecule has 0 heterocycles. The highest BCUT2D eigenvalue weighted by molar-refractivity contribution is 6.32. The molecule has 38 heavy (non-hydrogen) atoms. The Morgan fingerprint density at radius 3 is 2.24 bits per heavy atom. The lowest BCUT2D eigenvalue weighted by molar-refractivity contribution is -0.197. The van der Waals surface area contributed by atoms with Crippen LogP contribution in [0.4, 0.5) is 10.5 Å². The van der Waals surface area contributed by atoms with Gasteiger partial charge in [0.05, 0.1) is 30.6 Å². The Hall–Kier alpha value is -3.84. The lowest BCUT2D eigenvalue weighted by atomic mass is 9.51. The number of rotatable bonds is 4. The molecular weight excluding hydrogens is 502 g/mol. The van der Waals surface area contributed by atoms with Gasteiger partial charge in [-0.1, -0.05) is 0 Å². The zero-order valence-electron chi connectivity index (χ0n) is 21.5. The number of phenols is 1. The number of nitrogens with zero attached hydrogens (tertiary/aromatic N) is 2. The van der Waals surface area contributed by atoms with Crippen LogP contribution >= 0.6 is 0 Å². The number of benzene rings is 1. The second-order valence-corrected chi connectivity index (χ2v) is 10.3. The van der Waals surface area contributed by atoms with Crippen molar-refractivity contribution in [3.05, 3.63) is 23.3 Å². The fourth-order valence-corrected chi connectivity index (χ4v) is 6.31. The normalized spacial score (nSPS) is 32.3. The Labute approximate surface area is 217 Å². The molecule has 204 valence electrons. The first kappa shape index (κ1) is 27.2. The van der Waals surface area contributed by atoms with Crippen molar-refractivity contribution < 1.29 is 48.5 Å². The maximum atomic E-state index is 14.0. The summed E-state index contributed by atoms with van der Waals surface area (Å²) in [6.45, 7) is 0. The van der Waals surface area contributed by atoms with Crippen molar-refractivity contribution in [2.75, 3.05) is 40.2 Å². The van der Waals surface area contributed by atoms with E-state index in [0.29, 0.717) is 11.3 Å². The Bertz CT molecular complexity index is 1270. The number of aromatic hydroxyl groups is 1. The van der Waals surface area contributed by atoms with Crippen molar-refractivity contribution in [2.24, 2.45) is 29.4 Å². The number of amides is 1. The van der Waals surface area contributed by atoms with Gasteiger partial charge in [0.25, 0.3) is 0 Å². The molecule has 3 aliphatic carbocycles. The summed E-state index contributed by atoms with van der Waals surface area (Å²) in [6, 6.07) is 1.39. The molecule has 1 aromatic rings. The van der Waals surface area contributed by atoms with E-state index >= 15 is 0 Å². The molecule has 7 atom stereocenters. The van der Waals surface area contributed by atoms with E-state index in [4.69, 9.17) is 10.5 Å². The van der Waals surface area contributed by atoms with Gasteiger partial charge in [0.2, 0.25) is 5.91 Å². The second kappa shape index (κ2) is 9.17. The molecule has 2 unspecified atom stereocenters. The highest BCUT2D eigenvalue weighted by Gasteiger charge is 2.73. The van der Waals surface area contributed by atoms with E-state index < -0.39 is 82.4 Å². The summed E-state index contributed by atoms with van der Waals surface area (Å²) in [4.78, 5) is 82.2. The van der Waals surface area contributed by atoms with E-state index in [-0.39, 0.29) is 12.0 Å². The Kier molecular flexibility index (Phi) is 6.56. The number of primary amides is 1. The average molecular weight is 532 g/mol. The maximum absolute atomic E-state index is 14.0. The van der Waals surface area contributed by atoms with Gasteiger partial charge in [0, 0.05) is 25.7 Å². The molecule has 13 heteroatoms. The molecule has 13 nitrogen and oxygen atoms in total. The molecule has 0 radical (unpaired) electrons. The van der Waals surface area contributed by atoms with Crippen LogP contribution in [0.2, 0.25) is 0 Å². The fourth-order valence-electron chi connectivity index (χ4n) is 6.31. The van der Waals surface area contributed by atoms with E-state index in [9.17, 15) is 39.0 Å². The second-order valence-electron chi connectivity index (χ2n) is 10.3. The van der Waals surface area contributed by atoms with Crippen molar-refractivity contribution >= 4 is 40.9 Å². The molecule has 2 fully saturated rings. The van der Waals surface area contributed by atoms with Crippen LogP contribution in [-0.4, -0.2) is 103 Å². The molecule has 0 saturated heterocycles. The molecule has 0 bridgehead atoms. The number of ether oxygens (including phenoxy) is 2. The van der Waals surface area contributed by atoms with Crippen LogP contribution in [-0.2, 0) is 35.1 Å². The van der Waals surface area contributed by atoms with Gasteiger partial charge in [0.1, 0.15) is 11.9 Å². The number of methoxy groups -OCH3 is 1. The zero-order valence-corrected chi connectivity index (χ0v) is 21.5. The first-order valence-corrected chi connectivity index (χ1v) is 11.8. The van der Waals surface area contributed by atoms with E-state index in [2.05, 4.69) is 4.74 Å². The lowest BCUT2D eigenvalue weighted by Crippen LogP contribution is -2.78. The standard InChI is InChI=1S/C25H29N3O10/c1-27(2)11-6-7-12(29)13-9(11)8-10-14(18(13)30)21(32)25(36)16(20(10)38-24(35)37-5)17(28(3)4)19(31)15(22(25)33)23(26)34/h6-7,10,14-17,20,29,36H,8H2,1-5H3,(H2,26,34)/t10-,14?,15?,16-,17+,20+,25+/m1/s1. The predicted octanol–water partition coefficient (Wildman–Crippen LogP) is -1.31. The Morgan fingerprint density at radius 1 is 1.08 bits per heavy atom. The number of ketones is 4. The molecule has 1 aromatic carbocycles. The van der Waals surface area contributed by atoms with Crippen LogP contribution < -0.4 is 10.6 Å². The highest BCUT2D eigenvalue weighted by Crippen LogP contribution is 2.52. The number of Topliss-reactive ketones (excluding diaryl/α,β-unsaturated/α-hetero) is 4. The minimum absolute atomic E-state index is 0.0879. The number of hydrogen-bond donors (Lipinski definition) is 3. The predicted molar refractivity (Wildman–Crippen MR) is 128 cm³/mol. The topological polar surface area (TPSA) is 194 Å². The van der Waals surface area contributed by atoms with Gasteiger partial charge in [-0.3, -0.25) is 28.9 Å². The van der Waals surface area contributed by atoms with Crippen LogP contribution in [0.1, 0.15) is 15.9 Å². The van der Waals surface area contributed by atoms with Gasteiger partial charge in [-0.2, -0.15) is 0 Å². The average Bonchev–Trinajstić information content (AvgIpc) is 2.82. The maximum Gasteiger partial charge on any atom is 0.508 e. The van der Waals surface area contributed by atoms with Crippen LogP contribution in [0.25, 0.3) is 0 Å². The number of fused-ring (bicyclic) bond motifs is 3. The minimum Gasteiger partial charge on any atom is -0.507 e. The molecule has 0 aliphatic heterocycles. The number of nitrogens with two attached hydrogens (primary N) is 1. The molecule has 3 aliphatic rings. The molecular formula is C25H29N3O10. The summed E-state index contributed by atoms with van der Waals surface area (Å²) in [7, 11) is 7.29. The molecule has 4 N–H and O–H groups in total.